The molecule has 0 aliphatic carbocycles. The van der Waals surface area contributed by atoms with Gasteiger partial charge in [0.05, 0.1) is 0 Å². The van der Waals surface area contributed by atoms with Gasteiger partial charge in [-0.3, -0.25) is 0 Å². The van der Waals surface area contributed by atoms with Crippen molar-refractivity contribution in [1.29, 1.82) is 0 Å². The second-order valence-electron chi connectivity index (χ2n) is 9.05. The van der Waals surface area contributed by atoms with E-state index in [0.717, 1.165) is 11.1 Å². The smallest absolute Gasteiger partial charge is 0.119 e. The van der Waals surface area contributed by atoms with Crippen molar-refractivity contribution < 1.29 is 5.11 Å². The summed E-state index contributed by atoms with van der Waals surface area (Å²) in [4.78, 5) is 0. The van der Waals surface area contributed by atoms with E-state index in [2.05, 4.69) is 96.1 Å². The van der Waals surface area contributed by atoms with Crippen molar-refractivity contribution in [3.05, 3.63) is 99.6 Å². The van der Waals surface area contributed by atoms with Gasteiger partial charge in [-0.15, -0.1) is 0 Å². The standard InChI is InChI=1S/C27H32O/c1-18-12-8-10-14-22(18)26(4,5)21-16-24(20(3)25(28)17-21)27(6,7)23-15-11-9-13-19(23)2/h8-17,28H,1-7H3. The molecule has 0 amide bonds. The van der Waals surface area contributed by atoms with E-state index in [1.165, 1.54) is 27.8 Å². The number of benzene rings is 3. The van der Waals surface area contributed by atoms with Gasteiger partial charge in [0.1, 0.15) is 5.75 Å². The van der Waals surface area contributed by atoms with Crippen LogP contribution in [0.5, 0.6) is 5.75 Å². The number of hydrogen-bond acceptors (Lipinski definition) is 1. The third kappa shape index (κ3) is 3.35. The fourth-order valence-corrected chi connectivity index (χ4v) is 4.56. The minimum Gasteiger partial charge on any atom is -0.508 e. The quantitative estimate of drug-likeness (QED) is 0.524. The summed E-state index contributed by atoms with van der Waals surface area (Å²) in [6.45, 7) is 15.3. The van der Waals surface area contributed by atoms with Crippen molar-refractivity contribution in [1.82, 2.24) is 0 Å². The third-order valence-electron chi connectivity index (χ3n) is 6.41. The molecular weight excluding hydrogens is 340 g/mol. The molecule has 0 aliphatic heterocycles. The van der Waals surface area contributed by atoms with Gasteiger partial charge in [0.25, 0.3) is 0 Å². The van der Waals surface area contributed by atoms with E-state index >= 15 is 0 Å². The van der Waals surface area contributed by atoms with Crippen LogP contribution in [0.2, 0.25) is 0 Å². The number of phenolic OH excluding ortho intramolecular Hbond substituents is 1. The molecule has 3 rings (SSSR count). The Balaban J connectivity index is 2.22. The highest BCUT2D eigenvalue weighted by atomic mass is 16.3. The highest BCUT2D eigenvalue weighted by molar-refractivity contribution is 5.54. The van der Waals surface area contributed by atoms with Crippen molar-refractivity contribution in [2.45, 2.75) is 59.3 Å². The first-order chi connectivity index (χ1) is 13.1. The minimum absolute atomic E-state index is 0.201. The SMILES string of the molecule is Cc1ccccc1C(C)(C)c1cc(O)c(C)c(C(C)(C)c2ccccc2C)c1. The van der Waals surface area contributed by atoms with Crippen LogP contribution in [-0.2, 0) is 10.8 Å². The van der Waals surface area contributed by atoms with E-state index in [-0.39, 0.29) is 10.8 Å². The molecule has 0 heterocycles. The molecule has 0 spiro atoms. The Hall–Kier alpha value is -2.54. The van der Waals surface area contributed by atoms with Gasteiger partial charge in [0, 0.05) is 10.8 Å². The van der Waals surface area contributed by atoms with Crippen molar-refractivity contribution in [3.63, 3.8) is 0 Å². The van der Waals surface area contributed by atoms with E-state index < -0.39 is 0 Å². The van der Waals surface area contributed by atoms with Gasteiger partial charge in [-0.05, 0) is 65.8 Å². The minimum atomic E-state index is -0.204. The van der Waals surface area contributed by atoms with E-state index in [4.69, 9.17) is 0 Å². The summed E-state index contributed by atoms with van der Waals surface area (Å²) in [7, 11) is 0. The van der Waals surface area contributed by atoms with Gasteiger partial charge in [-0.25, -0.2) is 0 Å². The van der Waals surface area contributed by atoms with E-state index in [0.29, 0.717) is 5.75 Å². The number of aromatic hydroxyl groups is 1. The molecule has 28 heavy (non-hydrogen) atoms. The molecule has 0 fully saturated rings. The van der Waals surface area contributed by atoms with Crippen molar-refractivity contribution in [2.75, 3.05) is 0 Å². The molecule has 0 atom stereocenters. The Kier molecular flexibility index (Phi) is 5.14. The molecule has 0 saturated carbocycles. The first kappa shape index (κ1) is 20.2. The van der Waals surface area contributed by atoms with Crippen LogP contribution in [0.25, 0.3) is 0 Å². The van der Waals surface area contributed by atoms with Gasteiger partial charge in [-0.2, -0.15) is 0 Å². The van der Waals surface area contributed by atoms with Crippen LogP contribution in [0, 0.1) is 20.8 Å². The lowest BCUT2D eigenvalue weighted by Crippen LogP contribution is -2.25. The van der Waals surface area contributed by atoms with Gasteiger partial charge in [0.2, 0.25) is 0 Å². The van der Waals surface area contributed by atoms with Crippen LogP contribution in [0.1, 0.15) is 66.6 Å². The van der Waals surface area contributed by atoms with Crippen LogP contribution in [0.4, 0.5) is 0 Å². The number of rotatable bonds is 4. The predicted molar refractivity (Wildman–Crippen MR) is 119 cm³/mol. The highest BCUT2D eigenvalue weighted by Gasteiger charge is 2.31. The van der Waals surface area contributed by atoms with Crippen LogP contribution >= 0.6 is 0 Å². The molecule has 1 N–H and O–H groups in total. The number of aryl methyl sites for hydroxylation is 2. The molecule has 0 aliphatic rings. The second-order valence-corrected chi connectivity index (χ2v) is 9.05. The van der Waals surface area contributed by atoms with Crippen molar-refractivity contribution >= 4 is 0 Å². The zero-order valence-corrected chi connectivity index (χ0v) is 18.2. The Morgan fingerprint density at radius 2 is 1.07 bits per heavy atom. The zero-order chi connectivity index (χ0) is 20.7. The molecule has 1 nitrogen and oxygen atoms in total. The lowest BCUT2D eigenvalue weighted by molar-refractivity contribution is 0.463. The Morgan fingerprint density at radius 1 is 0.607 bits per heavy atom. The zero-order valence-electron chi connectivity index (χ0n) is 18.2. The van der Waals surface area contributed by atoms with Crippen LogP contribution in [0.15, 0.2) is 60.7 Å². The third-order valence-corrected chi connectivity index (χ3v) is 6.41. The summed E-state index contributed by atoms with van der Waals surface area (Å²) in [5.41, 5.74) is 8.00. The largest absolute Gasteiger partial charge is 0.508 e. The van der Waals surface area contributed by atoms with Crippen molar-refractivity contribution in [2.24, 2.45) is 0 Å². The molecular formula is C27H32O. The molecule has 3 aromatic carbocycles. The summed E-state index contributed by atoms with van der Waals surface area (Å²) < 4.78 is 0. The summed E-state index contributed by atoms with van der Waals surface area (Å²) >= 11 is 0. The van der Waals surface area contributed by atoms with Crippen molar-refractivity contribution in [3.8, 4) is 5.75 Å². The van der Waals surface area contributed by atoms with Crippen LogP contribution in [0.3, 0.4) is 0 Å². The maximum atomic E-state index is 10.8. The topological polar surface area (TPSA) is 20.2 Å². The number of hydrogen-bond donors (Lipinski definition) is 1. The molecule has 0 aromatic heterocycles. The average molecular weight is 373 g/mol. The molecule has 0 bridgehead atoms. The summed E-state index contributed by atoms with van der Waals surface area (Å²) in [5, 5.41) is 10.8. The predicted octanol–water partition coefficient (Wildman–Crippen LogP) is 6.97. The molecule has 146 valence electrons. The average Bonchev–Trinajstić information content (AvgIpc) is 2.64. The van der Waals surface area contributed by atoms with Gasteiger partial charge >= 0.3 is 0 Å². The lowest BCUT2D eigenvalue weighted by Gasteiger charge is -2.34. The van der Waals surface area contributed by atoms with Crippen LogP contribution < -0.4 is 0 Å². The molecule has 0 unspecified atom stereocenters. The maximum absolute atomic E-state index is 10.8. The molecule has 0 radical (unpaired) electrons. The number of phenols is 1. The van der Waals surface area contributed by atoms with Gasteiger partial charge in [0.15, 0.2) is 0 Å². The first-order valence-corrected chi connectivity index (χ1v) is 10.0. The first-order valence-electron chi connectivity index (χ1n) is 10.0. The van der Waals surface area contributed by atoms with Gasteiger partial charge < -0.3 is 5.11 Å². The lowest BCUT2D eigenvalue weighted by atomic mass is 9.70. The normalized spacial score (nSPS) is 12.2. The summed E-state index contributed by atoms with van der Waals surface area (Å²) in [6, 6.07) is 21.3. The van der Waals surface area contributed by atoms with Crippen LogP contribution in [-0.4, -0.2) is 5.11 Å². The molecule has 0 saturated heterocycles. The Labute approximate surface area is 170 Å². The Morgan fingerprint density at radius 3 is 1.57 bits per heavy atom. The molecule has 1 heteroatoms. The van der Waals surface area contributed by atoms with E-state index in [9.17, 15) is 5.11 Å². The monoisotopic (exact) mass is 372 g/mol. The summed E-state index contributed by atoms with van der Waals surface area (Å²) in [6.07, 6.45) is 0. The molecule has 3 aromatic rings. The Bertz CT molecular complexity index is 1010. The van der Waals surface area contributed by atoms with Gasteiger partial charge in [-0.1, -0.05) is 82.3 Å². The maximum Gasteiger partial charge on any atom is 0.119 e. The fraction of sp³-hybridized carbons (Fsp3) is 0.333. The van der Waals surface area contributed by atoms with E-state index in [1.54, 1.807) is 0 Å². The highest BCUT2D eigenvalue weighted by Crippen LogP contribution is 2.42. The summed E-state index contributed by atoms with van der Waals surface area (Å²) in [5.74, 6) is 0.371. The second kappa shape index (κ2) is 7.13. The fourth-order valence-electron chi connectivity index (χ4n) is 4.56. The van der Waals surface area contributed by atoms with E-state index in [1.807, 2.05) is 13.0 Å².